The molecule has 0 spiro atoms. The Morgan fingerprint density at radius 2 is 1.60 bits per heavy atom. The summed E-state index contributed by atoms with van der Waals surface area (Å²) in [5.41, 5.74) is 4.50. The number of benzene rings is 2. The molecule has 1 atom stereocenters. The van der Waals surface area contributed by atoms with Gasteiger partial charge in [-0.3, -0.25) is 0 Å². The minimum Gasteiger partial charge on any atom is -0.366 e. The molecule has 2 aromatic rings. The van der Waals surface area contributed by atoms with E-state index in [1.807, 2.05) is 19.9 Å². The van der Waals surface area contributed by atoms with Crippen molar-refractivity contribution < 1.29 is 8.42 Å². The lowest BCUT2D eigenvalue weighted by molar-refractivity contribution is 0.342. The molecule has 1 saturated heterocycles. The summed E-state index contributed by atoms with van der Waals surface area (Å²) in [6.07, 6.45) is 0. The van der Waals surface area contributed by atoms with Crippen molar-refractivity contribution in [3.05, 3.63) is 59.2 Å². The molecule has 1 aliphatic heterocycles. The highest BCUT2D eigenvalue weighted by Crippen LogP contribution is 2.25. The van der Waals surface area contributed by atoms with Crippen LogP contribution >= 0.6 is 0 Å². The second-order valence-corrected chi connectivity index (χ2v) is 8.93. The van der Waals surface area contributed by atoms with Gasteiger partial charge in [0.05, 0.1) is 4.90 Å². The number of aryl methyl sites for hydroxylation is 3. The second kappa shape index (κ2) is 6.81. The molecule has 0 aromatic heterocycles. The maximum absolute atomic E-state index is 13.0. The Bertz CT molecular complexity index is 860. The first-order valence-electron chi connectivity index (χ1n) is 8.70. The molecular weight excluding hydrogens is 332 g/mol. The van der Waals surface area contributed by atoms with Gasteiger partial charge in [0.2, 0.25) is 10.0 Å². The van der Waals surface area contributed by atoms with Crippen molar-refractivity contribution in [2.24, 2.45) is 0 Å². The van der Waals surface area contributed by atoms with Crippen LogP contribution in [0.4, 0.5) is 5.69 Å². The number of piperazine rings is 1. The third-order valence-corrected chi connectivity index (χ3v) is 6.93. The maximum atomic E-state index is 13.0. The average molecular weight is 359 g/mol. The predicted octanol–water partition coefficient (Wildman–Crippen LogP) is 3.51. The standard InChI is InChI=1S/C20H26N2O2S/c1-15-5-8-19(9-6-15)22-12-11-21(14-18(22)4)25(23,24)20-10-7-16(2)17(3)13-20/h5-10,13,18H,11-12,14H2,1-4H3. The van der Waals surface area contributed by atoms with Gasteiger partial charge in [-0.15, -0.1) is 0 Å². The van der Waals surface area contributed by atoms with Crippen LogP contribution in [0.15, 0.2) is 47.4 Å². The highest BCUT2D eigenvalue weighted by atomic mass is 32.2. The molecule has 1 fully saturated rings. The predicted molar refractivity (Wildman–Crippen MR) is 103 cm³/mol. The molecule has 134 valence electrons. The third kappa shape index (κ3) is 3.58. The number of hydrogen-bond acceptors (Lipinski definition) is 3. The van der Waals surface area contributed by atoms with Crippen LogP contribution in [0.1, 0.15) is 23.6 Å². The first-order chi connectivity index (χ1) is 11.8. The van der Waals surface area contributed by atoms with Crippen LogP contribution in [-0.2, 0) is 10.0 Å². The Morgan fingerprint density at radius 3 is 2.20 bits per heavy atom. The van der Waals surface area contributed by atoms with E-state index in [9.17, 15) is 8.42 Å². The lowest BCUT2D eigenvalue weighted by atomic mass is 10.1. The topological polar surface area (TPSA) is 40.6 Å². The zero-order valence-corrected chi connectivity index (χ0v) is 16.2. The molecule has 4 nitrogen and oxygen atoms in total. The fourth-order valence-corrected chi connectivity index (χ4v) is 4.88. The van der Waals surface area contributed by atoms with Crippen LogP contribution in [-0.4, -0.2) is 38.4 Å². The van der Waals surface area contributed by atoms with E-state index in [2.05, 4.69) is 43.0 Å². The van der Waals surface area contributed by atoms with Crippen LogP contribution in [0.2, 0.25) is 0 Å². The van der Waals surface area contributed by atoms with Gasteiger partial charge in [-0.1, -0.05) is 23.8 Å². The van der Waals surface area contributed by atoms with Crippen molar-refractivity contribution in [3.8, 4) is 0 Å². The quantitative estimate of drug-likeness (QED) is 0.843. The van der Waals surface area contributed by atoms with Crippen molar-refractivity contribution in [3.63, 3.8) is 0 Å². The highest BCUT2D eigenvalue weighted by Gasteiger charge is 2.32. The molecule has 0 amide bonds. The van der Waals surface area contributed by atoms with Gasteiger partial charge in [-0.25, -0.2) is 8.42 Å². The van der Waals surface area contributed by atoms with Crippen LogP contribution in [0, 0.1) is 20.8 Å². The molecular formula is C20H26N2O2S. The van der Waals surface area contributed by atoms with Crippen molar-refractivity contribution >= 4 is 15.7 Å². The summed E-state index contributed by atoms with van der Waals surface area (Å²) in [5.74, 6) is 0. The van der Waals surface area contributed by atoms with Crippen molar-refractivity contribution in [2.75, 3.05) is 24.5 Å². The molecule has 1 unspecified atom stereocenters. The van der Waals surface area contributed by atoms with Gasteiger partial charge >= 0.3 is 0 Å². The smallest absolute Gasteiger partial charge is 0.243 e. The number of sulfonamides is 1. The van der Waals surface area contributed by atoms with E-state index in [1.165, 1.54) is 5.56 Å². The first-order valence-corrected chi connectivity index (χ1v) is 10.1. The first kappa shape index (κ1) is 18.0. The summed E-state index contributed by atoms with van der Waals surface area (Å²) >= 11 is 0. The SMILES string of the molecule is Cc1ccc(N2CCN(S(=O)(=O)c3ccc(C)c(C)c3)CC2C)cc1. The van der Waals surface area contributed by atoms with E-state index in [0.29, 0.717) is 24.5 Å². The van der Waals surface area contributed by atoms with E-state index in [0.717, 1.165) is 16.8 Å². The average Bonchev–Trinajstić information content (AvgIpc) is 2.58. The van der Waals surface area contributed by atoms with Gasteiger partial charge in [0.15, 0.2) is 0 Å². The summed E-state index contributed by atoms with van der Waals surface area (Å²) < 4.78 is 27.6. The lowest BCUT2D eigenvalue weighted by Crippen LogP contribution is -2.53. The zero-order chi connectivity index (χ0) is 18.2. The van der Waals surface area contributed by atoms with Crippen LogP contribution in [0.25, 0.3) is 0 Å². The third-order valence-electron chi connectivity index (χ3n) is 5.07. The summed E-state index contributed by atoms with van der Waals surface area (Å²) in [6, 6.07) is 13.9. The van der Waals surface area contributed by atoms with Crippen molar-refractivity contribution in [1.82, 2.24) is 4.31 Å². The minimum atomic E-state index is -3.44. The van der Waals surface area contributed by atoms with Gasteiger partial charge in [-0.2, -0.15) is 4.31 Å². The lowest BCUT2D eigenvalue weighted by Gasteiger charge is -2.40. The van der Waals surface area contributed by atoms with E-state index in [4.69, 9.17) is 0 Å². The molecule has 0 saturated carbocycles. The van der Waals surface area contributed by atoms with Gasteiger partial charge in [-0.05, 0) is 63.1 Å². The summed E-state index contributed by atoms with van der Waals surface area (Å²) in [6.45, 7) is 9.81. The second-order valence-electron chi connectivity index (χ2n) is 6.99. The summed E-state index contributed by atoms with van der Waals surface area (Å²) in [5, 5.41) is 0. The van der Waals surface area contributed by atoms with Crippen LogP contribution < -0.4 is 4.90 Å². The van der Waals surface area contributed by atoms with Crippen LogP contribution in [0.3, 0.4) is 0 Å². The number of anilines is 1. The van der Waals surface area contributed by atoms with E-state index >= 15 is 0 Å². The number of rotatable bonds is 3. The molecule has 0 N–H and O–H groups in total. The van der Waals surface area contributed by atoms with Gasteiger partial charge < -0.3 is 4.90 Å². The molecule has 0 radical (unpaired) electrons. The Kier molecular flexibility index (Phi) is 4.89. The highest BCUT2D eigenvalue weighted by molar-refractivity contribution is 7.89. The number of nitrogens with zero attached hydrogens (tertiary/aromatic N) is 2. The van der Waals surface area contributed by atoms with Crippen molar-refractivity contribution in [2.45, 2.75) is 38.6 Å². The van der Waals surface area contributed by atoms with E-state index in [-0.39, 0.29) is 6.04 Å². The molecule has 1 heterocycles. The Hall–Kier alpha value is -1.85. The molecule has 0 bridgehead atoms. The minimum absolute atomic E-state index is 0.137. The molecule has 0 aliphatic carbocycles. The Morgan fingerprint density at radius 1 is 0.920 bits per heavy atom. The Labute approximate surface area is 151 Å². The fraction of sp³-hybridized carbons (Fsp3) is 0.400. The summed E-state index contributed by atoms with van der Waals surface area (Å²) in [4.78, 5) is 2.68. The molecule has 2 aromatic carbocycles. The summed E-state index contributed by atoms with van der Waals surface area (Å²) in [7, 11) is -3.44. The van der Waals surface area contributed by atoms with E-state index < -0.39 is 10.0 Å². The maximum Gasteiger partial charge on any atom is 0.243 e. The Balaban J connectivity index is 1.79. The number of hydrogen-bond donors (Lipinski definition) is 0. The van der Waals surface area contributed by atoms with E-state index in [1.54, 1.807) is 16.4 Å². The molecule has 3 rings (SSSR count). The molecule has 5 heteroatoms. The normalized spacial score (nSPS) is 19.2. The largest absolute Gasteiger partial charge is 0.366 e. The van der Waals surface area contributed by atoms with Gasteiger partial charge in [0, 0.05) is 31.4 Å². The van der Waals surface area contributed by atoms with Crippen LogP contribution in [0.5, 0.6) is 0 Å². The monoisotopic (exact) mass is 358 g/mol. The zero-order valence-electron chi connectivity index (χ0n) is 15.4. The molecule has 1 aliphatic rings. The van der Waals surface area contributed by atoms with Gasteiger partial charge in [0.25, 0.3) is 0 Å². The fourth-order valence-electron chi connectivity index (χ4n) is 3.29. The van der Waals surface area contributed by atoms with Gasteiger partial charge in [0.1, 0.15) is 0 Å². The van der Waals surface area contributed by atoms with Crippen molar-refractivity contribution in [1.29, 1.82) is 0 Å². The molecule has 25 heavy (non-hydrogen) atoms.